The topological polar surface area (TPSA) is 67.5 Å². The molecule has 0 spiro atoms. The second-order valence-electron chi connectivity index (χ2n) is 4.06. The average Bonchev–Trinajstić information content (AvgIpc) is 2.28. The lowest BCUT2D eigenvalue weighted by molar-refractivity contribution is 0.249. The van der Waals surface area contributed by atoms with Crippen LogP contribution in [-0.4, -0.2) is 11.7 Å². The van der Waals surface area contributed by atoms with Gasteiger partial charge in [0.05, 0.1) is 5.71 Å². The largest absolute Gasteiger partial charge is 0.350 e. The molecule has 1 atom stereocenters. The standard InChI is InChI=1S/C12H15N3O/c1-8-6-7-11(14-15-12(13)16)10-5-3-2-4-9(8)10/h2-5,8H,6-7H2,1H3,(H3,13,15,16). The molecule has 16 heavy (non-hydrogen) atoms. The Hall–Kier alpha value is -1.84. The van der Waals surface area contributed by atoms with Crippen LogP contribution in [0.25, 0.3) is 0 Å². The predicted molar refractivity (Wildman–Crippen MR) is 63.3 cm³/mol. The Kier molecular flexibility index (Phi) is 2.90. The highest BCUT2D eigenvalue weighted by molar-refractivity contribution is 6.03. The van der Waals surface area contributed by atoms with E-state index in [-0.39, 0.29) is 0 Å². The SMILES string of the molecule is CC1CCC(=NNC(N)=O)c2ccccc21. The number of rotatable bonds is 1. The number of urea groups is 1. The van der Waals surface area contributed by atoms with Gasteiger partial charge in [-0.05, 0) is 24.3 Å². The number of benzene rings is 1. The molecule has 2 rings (SSSR count). The summed E-state index contributed by atoms with van der Waals surface area (Å²) in [4.78, 5) is 10.6. The van der Waals surface area contributed by atoms with E-state index in [1.807, 2.05) is 18.2 Å². The van der Waals surface area contributed by atoms with E-state index in [0.717, 1.165) is 24.1 Å². The third-order valence-corrected chi connectivity index (χ3v) is 2.92. The molecule has 0 aliphatic heterocycles. The van der Waals surface area contributed by atoms with Crippen LogP contribution in [0.3, 0.4) is 0 Å². The van der Waals surface area contributed by atoms with Crippen molar-refractivity contribution < 1.29 is 4.79 Å². The number of nitrogens with zero attached hydrogens (tertiary/aromatic N) is 1. The van der Waals surface area contributed by atoms with Crippen LogP contribution >= 0.6 is 0 Å². The van der Waals surface area contributed by atoms with Crippen LogP contribution in [0.5, 0.6) is 0 Å². The van der Waals surface area contributed by atoms with E-state index in [9.17, 15) is 4.79 Å². The Labute approximate surface area is 94.5 Å². The third kappa shape index (κ3) is 2.05. The third-order valence-electron chi connectivity index (χ3n) is 2.92. The summed E-state index contributed by atoms with van der Waals surface area (Å²) in [5, 5.41) is 4.05. The fraction of sp³-hybridized carbons (Fsp3) is 0.333. The number of hydrazone groups is 1. The molecule has 1 unspecified atom stereocenters. The van der Waals surface area contributed by atoms with Gasteiger partial charge in [-0.15, -0.1) is 0 Å². The first kappa shape index (κ1) is 10.7. The lowest BCUT2D eigenvalue weighted by Crippen LogP contribution is -2.27. The Morgan fingerprint density at radius 1 is 1.50 bits per heavy atom. The first-order valence-corrected chi connectivity index (χ1v) is 5.40. The Balaban J connectivity index is 2.34. The molecule has 1 aliphatic rings. The molecule has 0 aromatic heterocycles. The van der Waals surface area contributed by atoms with Gasteiger partial charge in [0, 0.05) is 5.56 Å². The molecule has 0 radical (unpaired) electrons. The maximum atomic E-state index is 10.6. The minimum atomic E-state index is -0.622. The first-order valence-electron chi connectivity index (χ1n) is 5.40. The molecule has 0 heterocycles. The zero-order valence-corrected chi connectivity index (χ0v) is 9.23. The van der Waals surface area contributed by atoms with Crippen LogP contribution in [0.15, 0.2) is 29.4 Å². The summed E-state index contributed by atoms with van der Waals surface area (Å²) in [7, 11) is 0. The molecule has 1 aromatic rings. The van der Waals surface area contributed by atoms with E-state index in [4.69, 9.17) is 5.73 Å². The van der Waals surface area contributed by atoms with Crippen LogP contribution in [0.2, 0.25) is 0 Å². The van der Waals surface area contributed by atoms with Crippen molar-refractivity contribution in [2.24, 2.45) is 10.8 Å². The highest BCUT2D eigenvalue weighted by atomic mass is 16.2. The fourth-order valence-electron chi connectivity index (χ4n) is 2.07. The minimum absolute atomic E-state index is 0.545. The van der Waals surface area contributed by atoms with Crippen molar-refractivity contribution in [3.05, 3.63) is 35.4 Å². The molecule has 0 saturated heterocycles. The summed E-state index contributed by atoms with van der Waals surface area (Å²) >= 11 is 0. The van der Waals surface area contributed by atoms with E-state index >= 15 is 0 Å². The summed E-state index contributed by atoms with van der Waals surface area (Å²) in [5.41, 5.74) is 10.6. The molecule has 84 valence electrons. The lowest BCUT2D eigenvalue weighted by atomic mass is 9.83. The number of nitrogens with one attached hydrogen (secondary N) is 1. The fourth-order valence-corrected chi connectivity index (χ4v) is 2.07. The van der Waals surface area contributed by atoms with Gasteiger partial charge in [0.25, 0.3) is 0 Å². The molecule has 1 aromatic carbocycles. The van der Waals surface area contributed by atoms with E-state index in [2.05, 4.69) is 23.5 Å². The number of carbonyl (C=O) groups is 1. The maximum absolute atomic E-state index is 10.6. The highest BCUT2D eigenvalue weighted by Crippen LogP contribution is 2.30. The summed E-state index contributed by atoms with van der Waals surface area (Å²) < 4.78 is 0. The minimum Gasteiger partial charge on any atom is -0.350 e. The molecule has 0 bridgehead atoms. The Morgan fingerprint density at radius 3 is 3.00 bits per heavy atom. The Bertz CT molecular complexity index is 440. The van der Waals surface area contributed by atoms with E-state index in [1.54, 1.807) is 0 Å². The van der Waals surface area contributed by atoms with Crippen LogP contribution in [-0.2, 0) is 0 Å². The normalized spacial score (nSPS) is 21.6. The van der Waals surface area contributed by atoms with Crippen molar-refractivity contribution in [2.45, 2.75) is 25.7 Å². The van der Waals surface area contributed by atoms with Gasteiger partial charge in [-0.25, -0.2) is 10.2 Å². The van der Waals surface area contributed by atoms with E-state index < -0.39 is 6.03 Å². The summed E-state index contributed by atoms with van der Waals surface area (Å²) in [6.45, 7) is 2.21. The predicted octanol–water partition coefficient (Wildman–Crippen LogP) is 1.96. The highest BCUT2D eigenvalue weighted by Gasteiger charge is 2.20. The van der Waals surface area contributed by atoms with Crippen molar-refractivity contribution in [3.63, 3.8) is 0 Å². The van der Waals surface area contributed by atoms with Gasteiger partial charge in [-0.3, -0.25) is 0 Å². The van der Waals surface area contributed by atoms with Crippen molar-refractivity contribution in [2.75, 3.05) is 0 Å². The zero-order chi connectivity index (χ0) is 11.5. The zero-order valence-electron chi connectivity index (χ0n) is 9.23. The number of amides is 2. The summed E-state index contributed by atoms with van der Waals surface area (Å²) in [6.07, 6.45) is 1.93. The van der Waals surface area contributed by atoms with Crippen LogP contribution in [0.1, 0.15) is 36.8 Å². The van der Waals surface area contributed by atoms with Gasteiger partial charge >= 0.3 is 6.03 Å². The molecule has 4 heteroatoms. The smallest absolute Gasteiger partial charge is 0.332 e. The van der Waals surface area contributed by atoms with Gasteiger partial charge in [-0.2, -0.15) is 5.10 Å². The lowest BCUT2D eigenvalue weighted by Gasteiger charge is -2.23. The summed E-state index contributed by atoms with van der Waals surface area (Å²) in [6, 6.07) is 7.53. The van der Waals surface area contributed by atoms with E-state index in [0.29, 0.717) is 5.92 Å². The second kappa shape index (κ2) is 4.35. The molecule has 3 N–H and O–H groups in total. The van der Waals surface area contributed by atoms with Gasteiger partial charge < -0.3 is 5.73 Å². The maximum Gasteiger partial charge on any atom is 0.332 e. The molecule has 0 saturated carbocycles. The summed E-state index contributed by atoms with van der Waals surface area (Å²) in [5.74, 6) is 0.545. The van der Waals surface area contributed by atoms with Gasteiger partial charge in [-0.1, -0.05) is 31.2 Å². The Morgan fingerprint density at radius 2 is 2.25 bits per heavy atom. The molecular formula is C12H15N3O. The van der Waals surface area contributed by atoms with Crippen molar-refractivity contribution in [1.29, 1.82) is 0 Å². The van der Waals surface area contributed by atoms with E-state index in [1.165, 1.54) is 5.56 Å². The molecular weight excluding hydrogens is 202 g/mol. The quantitative estimate of drug-likeness (QED) is 0.694. The van der Waals surface area contributed by atoms with Crippen LogP contribution in [0.4, 0.5) is 4.79 Å². The number of carbonyl (C=O) groups excluding carboxylic acids is 1. The molecule has 0 fully saturated rings. The number of primary amides is 1. The van der Waals surface area contributed by atoms with Gasteiger partial charge in [0.15, 0.2) is 0 Å². The van der Waals surface area contributed by atoms with Crippen molar-refractivity contribution in [1.82, 2.24) is 5.43 Å². The number of fused-ring (bicyclic) bond motifs is 1. The molecule has 4 nitrogen and oxygen atoms in total. The number of hydrogen-bond donors (Lipinski definition) is 2. The van der Waals surface area contributed by atoms with Crippen molar-refractivity contribution >= 4 is 11.7 Å². The number of hydrogen-bond acceptors (Lipinski definition) is 2. The first-order chi connectivity index (χ1) is 7.68. The van der Waals surface area contributed by atoms with Crippen LogP contribution < -0.4 is 11.2 Å². The van der Waals surface area contributed by atoms with Gasteiger partial charge in [0.2, 0.25) is 0 Å². The molecule has 1 aliphatic carbocycles. The second-order valence-corrected chi connectivity index (χ2v) is 4.06. The van der Waals surface area contributed by atoms with Crippen molar-refractivity contribution in [3.8, 4) is 0 Å². The number of nitrogens with two attached hydrogens (primary N) is 1. The van der Waals surface area contributed by atoms with Gasteiger partial charge in [0.1, 0.15) is 0 Å². The average molecular weight is 217 g/mol. The monoisotopic (exact) mass is 217 g/mol. The van der Waals surface area contributed by atoms with Crippen LogP contribution in [0, 0.1) is 0 Å². The molecule has 2 amide bonds.